The second-order valence-electron chi connectivity index (χ2n) is 8.98. The second-order valence-corrected chi connectivity index (χ2v) is 8.98. The molecule has 6 rings (SSSR count). The normalized spacial score (nSPS) is 12.3. The Morgan fingerprint density at radius 3 is 2.71 bits per heavy atom. The van der Waals surface area contributed by atoms with Gasteiger partial charge in [0.2, 0.25) is 0 Å². The number of nitrogens with one attached hydrogen (secondary N) is 3. The summed E-state index contributed by atoms with van der Waals surface area (Å²) in [7, 11) is 0. The third-order valence-corrected chi connectivity index (χ3v) is 6.36. The van der Waals surface area contributed by atoms with E-state index in [1.54, 1.807) is 55.0 Å². The van der Waals surface area contributed by atoms with Crippen molar-refractivity contribution < 1.29 is 13.9 Å². The zero-order chi connectivity index (χ0) is 26.2. The number of benzene rings is 2. The molecule has 10 heteroatoms. The van der Waals surface area contributed by atoms with Gasteiger partial charge in [-0.2, -0.15) is 5.10 Å². The quantitative estimate of drug-likeness (QED) is 0.194. The predicted molar refractivity (Wildman–Crippen MR) is 142 cm³/mol. The summed E-state index contributed by atoms with van der Waals surface area (Å²) in [4.78, 5) is 16.4. The minimum atomic E-state index is -0.701. The van der Waals surface area contributed by atoms with Crippen LogP contribution in [0.25, 0.3) is 55.8 Å². The Balaban J connectivity index is 1.44. The standard InChI is InChI=1S/C28H23F2N7O/c1-2-5-23(38)33-17-10-16(13-31-14-17)15-11-20-24(22(30)12-15)36-37-26(20)28-34-25-19(8-9-32-27(25)35-28)18-6-3-4-7-21(18)29/h3-4,6-14,23,33,38H,2,5H2,1H3,(H,36,37)(H,32,34,35). The number of fused-ring (bicyclic) bond motifs is 2. The number of aromatic nitrogens is 6. The van der Waals surface area contributed by atoms with E-state index in [4.69, 9.17) is 0 Å². The highest BCUT2D eigenvalue weighted by Crippen LogP contribution is 2.34. The van der Waals surface area contributed by atoms with Crippen LogP contribution in [0, 0.1) is 11.6 Å². The summed E-state index contributed by atoms with van der Waals surface area (Å²) in [6.45, 7) is 1.99. The monoisotopic (exact) mass is 511 g/mol. The van der Waals surface area contributed by atoms with Crippen molar-refractivity contribution in [3.8, 4) is 33.8 Å². The summed E-state index contributed by atoms with van der Waals surface area (Å²) in [5, 5.41) is 20.7. The van der Waals surface area contributed by atoms with Crippen LogP contribution in [0.4, 0.5) is 14.5 Å². The average Bonchev–Trinajstić information content (AvgIpc) is 3.54. The molecule has 4 N–H and O–H groups in total. The van der Waals surface area contributed by atoms with Crippen LogP contribution in [0.5, 0.6) is 0 Å². The van der Waals surface area contributed by atoms with Crippen molar-refractivity contribution in [2.45, 2.75) is 26.0 Å². The summed E-state index contributed by atoms with van der Waals surface area (Å²) in [6.07, 6.45) is 5.53. The molecule has 0 fully saturated rings. The highest BCUT2D eigenvalue weighted by atomic mass is 19.1. The maximum Gasteiger partial charge on any atom is 0.160 e. The van der Waals surface area contributed by atoms with Gasteiger partial charge in [0.05, 0.1) is 11.9 Å². The molecule has 4 heterocycles. The molecule has 190 valence electrons. The fourth-order valence-corrected chi connectivity index (χ4v) is 4.56. The maximum absolute atomic E-state index is 15.2. The summed E-state index contributed by atoms with van der Waals surface area (Å²) in [5.74, 6) is -0.480. The molecule has 0 radical (unpaired) electrons. The smallest absolute Gasteiger partial charge is 0.160 e. The van der Waals surface area contributed by atoms with Gasteiger partial charge in [0.15, 0.2) is 11.5 Å². The molecule has 2 aromatic carbocycles. The van der Waals surface area contributed by atoms with Crippen LogP contribution in [0.15, 0.2) is 67.1 Å². The summed E-state index contributed by atoms with van der Waals surface area (Å²) >= 11 is 0. The highest BCUT2D eigenvalue weighted by Gasteiger charge is 2.19. The largest absolute Gasteiger partial charge is 0.374 e. The van der Waals surface area contributed by atoms with E-state index in [0.717, 1.165) is 6.42 Å². The molecule has 1 unspecified atom stereocenters. The minimum absolute atomic E-state index is 0.229. The number of pyridine rings is 2. The van der Waals surface area contributed by atoms with Gasteiger partial charge in [-0.15, -0.1) is 0 Å². The number of rotatable bonds is 7. The van der Waals surface area contributed by atoms with Crippen LogP contribution in [0.1, 0.15) is 19.8 Å². The first-order valence-electron chi connectivity index (χ1n) is 12.2. The van der Waals surface area contributed by atoms with Gasteiger partial charge >= 0.3 is 0 Å². The van der Waals surface area contributed by atoms with Crippen LogP contribution in [-0.2, 0) is 0 Å². The van der Waals surface area contributed by atoms with E-state index < -0.39 is 12.0 Å². The number of anilines is 1. The number of imidazole rings is 1. The first-order valence-corrected chi connectivity index (χ1v) is 12.2. The van der Waals surface area contributed by atoms with E-state index >= 15 is 4.39 Å². The zero-order valence-corrected chi connectivity index (χ0v) is 20.3. The average molecular weight is 512 g/mol. The molecule has 1 atom stereocenters. The SMILES string of the molecule is CCCC(O)Nc1cncc(-c2cc(F)c3[nH]nc(-c4nc5c(-c6ccccc6F)ccnc5[nH]4)c3c2)c1. The summed E-state index contributed by atoms with van der Waals surface area (Å²) in [5.41, 5.74) is 4.44. The number of nitrogens with zero attached hydrogens (tertiary/aromatic N) is 4. The van der Waals surface area contributed by atoms with E-state index in [0.29, 0.717) is 62.4 Å². The number of hydrogen-bond acceptors (Lipinski definition) is 6. The first-order chi connectivity index (χ1) is 18.5. The van der Waals surface area contributed by atoms with Gasteiger partial charge in [0.25, 0.3) is 0 Å². The van der Waals surface area contributed by atoms with Gasteiger partial charge in [0.1, 0.15) is 34.6 Å². The summed E-state index contributed by atoms with van der Waals surface area (Å²) < 4.78 is 29.7. The molecule has 0 saturated heterocycles. The number of hydrogen-bond donors (Lipinski definition) is 4. The van der Waals surface area contributed by atoms with Crippen LogP contribution in [-0.4, -0.2) is 41.5 Å². The Labute approximate surface area is 215 Å². The molecular formula is C28H23F2N7O. The molecule has 0 aliphatic heterocycles. The van der Waals surface area contributed by atoms with Crippen LogP contribution < -0.4 is 5.32 Å². The lowest BCUT2D eigenvalue weighted by Crippen LogP contribution is -2.18. The first kappa shape index (κ1) is 23.7. The van der Waals surface area contributed by atoms with E-state index in [9.17, 15) is 9.50 Å². The van der Waals surface area contributed by atoms with Gasteiger partial charge in [-0.3, -0.25) is 10.1 Å². The van der Waals surface area contributed by atoms with Crippen LogP contribution in [0.3, 0.4) is 0 Å². The highest BCUT2D eigenvalue weighted by molar-refractivity contribution is 5.97. The molecule has 38 heavy (non-hydrogen) atoms. The van der Waals surface area contributed by atoms with Gasteiger partial charge in [0, 0.05) is 34.5 Å². The van der Waals surface area contributed by atoms with E-state index in [2.05, 4.69) is 35.5 Å². The molecule has 0 aliphatic rings. The lowest BCUT2D eigenvalue weighted by Gasteiger charge is -2.13. The van der Waals surface area contributed by atoms with Gasteiger partial charge in [-0.1, -0.05) is 31.5 Å². The van der Waals surface area contributed by atoms with Crippen LogP contribution >= 0.6 is 0 Å². The Hall–Kier alpha value is -4.70. The third kappa shape index (κ3) is 4.24. The molecule has 4 aromatic heterocycles. The Bertz CT molecular complexity index is 1780. The molecular weight excluding hydrogens is 488 g/mol. The molecule has 0 bridgehead atoms. The maximum atomic E-state index is 15.2. The van der Waals surface area contributed by atoms with Crippen molar-refractivity contribution in [2.24, 2.45) is 0 Å². The van der Waals surface area contributed by atoms with Gasteiger partial charge < -0.3 is 15.4 Å². The lowest BCUT2D eigenvalue weighted by molar-refractivity contribution is 0.192. The lowest BCUT2D eigenvalue weighted by atomic mass is 10.0. The number of aromatic amines is 2. The summed E-state index contributed by atoms with van der Waals surface area (Å²) in [6, 6.07) is 13.2. The van der Waals surface area contributed by atoms with Crippen molar-refractivity contribution in [2.75, 3.05) is 5.32 Å². The number of halogens is 2. The van der Waals surface area contributed by atoms with E-state index in [-0.39, 0.29) is 11.3 Å². The van der Waals surface area contributed by atoms with Gasteiger partial charge in [-0.25, -0.2) is 18.7 Å². The molecule has 0 saturated carbocycles. The molecule has 0 amide bonds. The molecule has 0 spiro atoms. The van der Waals surface area contributed by atoms with Crippen LogP contribution in [0.2, 0.25) is 0 Å². The Morgan fingerprint density at radius 2 is 1.87 bits per heavy atom. The van der Waals surface area contributed by atoms with E-state index in [1.165, 1.54) is 12.1 Å². The Morgan fingerprint density at radius 1 is 1.00 bits per heavy atom. The topological polar surface area (TPSA) is 115 Å². The van der Waals surface area contributed by atoms with Crippen molar-refractivity contribution >= 4 is 27.8 Å². The third-order valence-electron chi connectivity index (χ3n) is 6.36. The fourth-order valence-electron chi connectivity index (χ4n) is 4.56. The predicted octanol–water partition coefficient (Wildman–Crippen LogP) is 6.04. The fraction of sp³-hybridized carbons (Fsp3) is 0.143. The minimum Gasteiger partial charge on any atom is -0.374 e. The van der Waals surface area contributed by atoms with Crippen molar-refractivity contribution in [1.29, 1.82) is 0 Å². The number of aliphatic hydroxyl groups excluding tert-OH is 1. The van der Waals surface area contributed by atoms with Crippen molar-refractivity contribution in [3.05, 3.63) is 78.8 Å². The number of aliphatic hydroxyl groups is 1. The van der Waals surface area contributed by atoms with E-state index in [1.807, 2.05) is 6.92 Å². The van der Waals surface area contributed by atoms with Crippen molar-refractivity contribution in [1.82, 2.24) is 30.1 Å². The Kier molecular flexibility index (Phi) is 6.01. The second kappa shape index (κ2) is 9.64. The van der Waals surface area contributed by atoms with Crippen molar-refractivity contribution in [3.63, 3.8) is 0 Å². The zero-order valence-electron chi connectivity index (χ0n) is 20.3. The molecule has 0 aliphatic carbocycles. The molecule has 6 aromatic rings. The van der Waals surface area contributed by atoms with Gasteiger partial charge in [-0.05, 0) is 42.3 Å². The number of H-pyrrole nitrogens is 2. The molecule has 8 nitrogen and oxygen atoms in total.